The first-order valence-electron chi connectivity index (χ1n) is 7.00. The molecule has 2 heterocycles. The maximum atomic E-state index is 4.56. The molecule has 0 spiro atoms. The molecule has 1 unspecified atom stereocenters. The summed E-state index contributed by atoms with van der Waals surface area (Å²) in [6.07, 6.45) is 2.57. The summed E-state index contributed by atoms with van der Waals surface area (Å²) in [6.45, 7) is 9.30. The van der Waals surface area contributed by atoms with Crippen LogP contribution in [0.15, 0.2) is 12.4 Å². The molecule has 5 nitrogen and oxygen atoms in total. The third-order valence-corrected chi connectivity index (χ3v) is 3.46. The fourth-order valence-electron chi connectivity index (χ4n) is 2.69. The number of aromatic nitrogens is 4. The Hall–Kier alpha value is -1.75. The molecule has 0 aromatic carbocycles. The van der Waals surface area contributed by atoms with E-state index in [1.807, 2.05) is 14.0 Å². The fourth-order valence-corrected chi connectivity index (χ4v) is 2.69. The third-order valence-electron chi connectivity index (χ3n) is 3.46. The summed E-state index contributed by atoms with van der Waals surface area (Å²) in [6, 6.07) is 2.42. The Morgan fingerprint density at radius 1 is 1.30 bits per heavy atom. The summed E-state index contributed by atoms with van der Waals surface area (Å²) in [5.74, 6) is 0.877. The fraction of sp³-hybridized carbons (Fsp3) is 0.533. The van der Waals surface area contributed by atoms with Crippen LogP contribution in [0.2, 0.25) is 0 Å². The third kappa shape index (κ3) is 3.42. The van der Waals surface area contributed by atoms with Crippen LogP contribution >= 0.6 is 0 Å². The van der Waals surface area contributed by atoms with Crippen molar-refractivity contribution in [3.63, 3.8) is 0 Å². The van der Waals surface area contributed by atoms with Crippen LogP contribution in [0, 0.1) is 20.8 Å². The number of hydrogen-bond acceptors (Lipinski definition) is 4. The van der Waals surface area contributed by atoms with E-state index < -0.39 is 0 Å². The Kier molecular flexibility index (Phi) is 4.49. The smallest absolute Gasteiger partial charge is 0.151 e. The lowest BCUT2D eigenvalue weighted by Gasteiger charge is -2.18. The van der Waals surface area contributed by atoms with E-state index >= 15 is 0 Å². The molecule has 1 atom stereocenters. The van der Waals surface area contributed by atoms with Gasteiger partial charge in [-0.05, 0) is 44.9 Å². The van der Waals surface area contributed by atoms with Crippen LogP contribution in [0.5, 0.6) is 0 Å². The number of nitrogens with zero attached hydrogens (tertiary/aromatic N) is 4. The zero-order valence-corrected chi connectivity index (χ0v) is 12.9. The van der Waals surface area contributed by atoms with Crippen molar-refractivity contribution in [2.75, 3.05) is 6.54 Å². The second-order valence-electron chi connectivity index (χ2n) is 5.34. The molecule has 5 heteroatoms. The quantitative estimate of drug-likeness (QED) is 0.905. The van der Waals surface area contributed by atoms with Crippen molar-refractivity contribution < 1.29 is 0 Å². The minimum absolute atomic E-state index is 0.284. The second-order valence-corrected chi connectivity index (χ2v) is 5.34. The zero-order chi connectivity index (χ0) is 14.7. The van der Waals surface area contributed by atoms with Crippen molar-refractivity contribution in [3.05, 3.63) is 40.7 Å². The average Bonchev–Trinajstić information content (AvgIpc) is 2.73. The molecule has 0 saturated heterocycles. The van der Waals surface area contributed by atoms with E-state index in [4.69, 9.17) is 0 Å². The van der Waals surface area contributed by atoms with Gasteiger partial charge in [-0.1, -0.05) is 0 Å². The Morgan fingerprint density at radius 3 is 2.65 bits per heavy atom. The largest absolute Gasteiger partial charge is 0.310 e. The lowest BCUT2D eigenvalue weighted by atomic mass is 10.0. The monoisotopic (exact) mass is 273 g/mol. The van der Waals surface area contributed by atoms with E-state index in [0.717, 1.165) is 30.2 Å². The van der Waals surface area contributed by atoms with Gasteiger partial charge in [-0.25, -0.2) is 4.98 Å². The molecule has 1 N–H and O–H groups in total. The van der Waals surface area contributed by atoms with Gasteiger partial charge in [0.05, 0.1) is 0 Å². The van der Waals surface area contributed by atoms with Crippen molar-refractivity contribution in [2.24, 2.45) is 7.05 Å². The molecule has 0 aliphatic carbocycles. The topological polar surface area (TPSA) is 55.6 Å². The van der Waals surface area contributed by atoms with Crippen LogP contribution in [0.3, 0.4) is 0 Å². The summed E-state index contributed by atoms with van der Waals surface area (Å²) in [5, 5.41) is 7.81. The van der Waals surface area contributed by atoms with Gasteiger partial charge in [-0.3, -0.25) is 9.67 Å². The van der Waals surface area contributed by atoms with E-state index in [1.54, 1.807) is 11.0 Å². The predicted molar refractivity (Wildman–Crippen MR) is 79.6 cm³/mol. The van der Waals surface area contributed by atoms with E-state index in [-0.39, 0.29) is 6.04 Å². The molecule has 0 amide bonds. The van der Waals surface area contributed by atoms with Gasteiger partial charge >= 0.3 is 0 Å². The number of rotatable bonds is 5. The molecular weight excluding hydrogens is 250 g/mol. The Morgan fingerprint density at radius 2 is 2.05 bits per heavy atom. The predicted octanol–water partition coefficient (Wildman–Crippen LogP) is 2.03. The van der Waals surface area contributed by atoms with Crippen LogP contribution in [-0.4, -0.2) is 26.3 Å². The first kappa shape index (κ1) is 14.7. The Balaban J connectivity index is 1.96. The van der Waals surface area contributed by atoms with E-state index in [9.17, 15) is 0 Å². The molecule has 0 radical (unpaired) electrons. The van der Waals surface area contributed by atoms with Gasteiger partial charge in [0.1, 0.15) is 6.33 Å². The minimum Gasteiger partial charge on any atom is -0.310 e. The van der Waals surface area contributed by atoms with Crippen molar-refractivity contribution in [1.29, 1.82) is 0 Å². The van der Waals surface area contributed by atoms with Gasteiger partial charge in [0.15, 0.2) is 5.82 Å². The van der Waals surface area contributed by atoms with E-state index in [1.165, 1.54) is 11.1 Å². The molecular formula is C15H23N5. The lowest BCUT2D eigenvalue weighted by molar-refractivity contribution is 0.561. The highest BCUT2D eigenvalue weighted by Gasteiger charge is 2.12. The molecule has 0 aliphatic heterocycles. The van der Waals surface area contributed by atoms with Gasteiger partial charge < -0.3 is 5.32 Å². The first-order valence-corrected chi connectivity index (χ1v) is 7.00. The average molecular weight is 273 g/mol. The molecule has 20 heavy (non-hydrogen) atoms. The SMILES string of the molecule is Cc1cc(C)c(C(C)NCCc2ncn(C)n2)c(C)n1. The molecule has 0 bridgehead atoms. The Bertz CT molecular complexity index is 565. The molecule has 0 aliphatic rings. The van der Waals surface area contributed by atoms with Gasteiger partial charge in [0.2, 0.25) is 0 Å². The summed E-state index contributed by atoms with van der Waals surface area (Å²) in [5.41, 5.74) is 4.78. The van der Waals surface area contributed by atoms with Gasteiger partial charge in [-0.15, -0.1) is 0 Å². The standard InChI is InChI=1S/C15H23N5/c1-10-8-11(2)18-13(4)15(10)12(3)16-7-6-14-17-9-20(5)19-14/h8-9,12,16H,6-7H2,1-5H3. The first-order chi connectivity index (χ1) is 9.47. The van der Waals surface area contributed by atoms with Crippen LogP contribution in [-0.2, 0) is 13.5 Å². The highest BCUT2D eigenvalue weighted by Crippen LogP contribution is 2.20. The van der Waals surface area contributed by atoms with Crippen molar-refractivity contribution in [1.82, 2.24) is 25.1 Å². The van der Waals surface area contributed by atoms with Crippen molar-refractivity contribution >= 4 is 0 Å². The van der Waals surface area contributed by atoms with Crippen LogP contribution < -0.4 is 5.32 Å². The summed E-state index contributed by atoms with van der Waals surface area (Å²) in [7, 11) is 1.89. The molecule has 2 aromatic heterocycles. The van der Waals surface area contributed by atoms with E-state index in [0.29, 0.717) is 0 Å². The molecule has 2 rings (SSSR count). The second kappa shape index (κ2) is 6.13. The van der Waals surface area contributed by atoms with Gasteiger partial charge in [-0.2, -0.15) is 5.10 Å². The normalized spacial score (nSPS) is 12.7. The van der Waals surface area contributed by atoms with Gasteiger partial charge in [0, 0.05) is 37.4 Å². The minimum atomic E-state index is 0.284. The van der Waals surface area contributed by atoms with Crippen LogP contribution in [0.25, 0.3) is 0 Å². The van der Waals surface area contributed by atoms with E-state index in [2.05, 4.69) is 47.2 Å². The lowest BCUT2D eigenvalue weighted by Crippen LogP contribution is -2.23. The zero-order valence-electron chi connectivity index (χ0n) is 12.9. The van der Waals surface area contributed by atoms with Crippen LogP contribution in [0.1, 0.15) is 41.3 Å². The molecule has 108 valence electrons. The molecule has 0 saturated carbocycles. The highest BCUT2D eigenvalue weighted by molar-refractivity contribution is 5.33. The highest BCUT2D eigenvalue weighted by atomic mass is 15.3. The maximum Gasteiger partial charge on any atom is 0.151 e. The number of aryl methyl sites for hydroxylation is 4. The number of nitrogens with one attached hydrogen (secondary N) is 1. The van der Waals surface area contributed by atoms with Crippen molar-refractivity contribution in [2.45, 2.75) is 40.2 Å². The summed E-state index contributed by atoms with van der Waals surface area (Å²) < 4.78 is 1.73. The maximum absolute atomic E-state index is 4.56. The summed E-state index contributed by atoms with van der Waals surface area (Å²) in [4.78, 5) is 8.79. The van der Waals surface area contributed by atoms with Gasteiger partial charge in [0.25, 0.3) is 0 Å². The number of pyridine rings is 1. The molecule has 2 aromatic rings. The molecule has 0 fully saturated rings. The van der Waals surface area contributed by atoms with Crippen LogP contribution in [0.4, 0.5) is 0 Å². The Labute approximate surface area is 120 Å². The van der Waals surface area contributed by atoms with Crippen molar-refractivity contribution in [3.8, 4) is 0 Å². The number of hydrogen-bond donors (Lipinski definition) is 1. The summed E-state index contributed by atoms with van der Waals surface area (Å²) >= 11 is 0.